The minimum atomic E-state index is -1.03. The first-order chi connectivity index (χ1) is 13.4. The van der Waals surface area contributed by atoms with E-state index in [2.05, 4.69) is 45.9 Å². The summed E-state index contributed by atoms with van der Waals surface area (Å²) < 4.78 is 1.69. The van der Waals surface area contributed by atoms with Crippen molar-refractivity contribution in [3.63, 3.8) is 0 Å². The predicted octanol–water partition coefficient (Wildman–Crippen LogP) is 2.38. The number of hydrogen-bond acceptors (Lipinski definition) is 4. The largest absolute Gasteiger partial charge is 0.383 e. The summed E-state index contributed by atoms with van der Waals surface area (Å²) in [5.74, 6) is 0.696. The highest BCUT2D eigenvalue weighted by Gasteiger charge is 2.25. The molecular formula is C21H33IN6O. The van der Waals surface area contributed by atoms with Crippen molar-refractivity contribution in [3.8, 4) is 0 Å². The van der Waals surface area contributed by atoms with Gasteiger partial charge < -0.3 is 20.6 Å². The lowest BCUT2D eigenvalue weighted by molar-refractivity contribution is 0.0616. The summed E-state index contributed by atoms with van der Waals surface area (Å²) in [7, 11) is 3.99. The van der Waals surface area contributed by atoms with Crippen LogP contribution in [0, 0.1) is 0 Å². The van der Waals surface area contributed by atoms with Crippen molar-refractivity contribution < 1.29 is 5.11 Å². The van der Waals surface area contributed by atoms with Crippen LogP contribution in [0.1, 0.15) is 37.0 Å². The van der Waals surface area contributed by atoms with Gasteiger partial charge in [0, 0.05) is 44.6 Å². The van der Waals surface area contributed by atoms with Gasteiger partial charge in [-0.15, -0.1) is 24.0 Å². The third-order valence-electron chi connectivity index (χ3n) is 5.19. The van der Waals surface area contributed by atoms with Crippen molar-refractivity contribution in [2.75, 3.05) is 31.6 Å². The fraction of sp³-hybridized carbons (Fsp3) is 0.524. The van der Waals surface area contributed by atoms with E-state index in [9.17, 15) is 5.11 Å². The first kappa shape index (κ1) is 23.5. The Balaban J connectivity index is 0.00000300. The van der Waals surface area contributed by atoms with Crippen LogP contribution < -0.4 is 15.5 Å². The van der Waals surface area contributed by atoms with Gasteiger partial charge in [-0.1, -0.05) is 12.1 Å². The fourth-order valence-corrected chi connectivity index (χ4v) is 3.51. The molecule has 1 atom stereocenters. The van der Waals surface area contributed by atoms with Gasteiger partial charge in [-0.25, -0.2) is 4.99 Å². The second-order valence-electron chi connectivity index (χ2n) is 7.71. The number of rotatable bonds is 6. The molecule has 7 nitrogen and oxygen atoms in total. The van der Waals surface area contributed by atoms with E-state index in [1.54, 1.807) is 17.8 Å². The number of benzene rings is 1. The van der Waals surface area contributed by atoms with Crippen LogP contribution in [-0.2, 0) is 25.6 Å². The topological polar surface area (TPSA) is 77.7 Å². The Morgan fingerprint density at radius 1 is 1.31 bits per heavy atom. The Bertz CT molecular complexity index is 832. The number of nitrogens with one attached hydrogen (secondary N) is 2. The monoisotopic (exact) mass is 512 g/mol. The van der Waals surface area contributed by atoms with Gasteiger partial charge in [0.15, 0.2) is 5.96 Å². The van der Waals surface area contributed by atoms with Crippen LogP contribution in [0.2, 0.25) is 0 Å². The highest BCUT2D eigenvalue weighted by atomic mass is 127. The van der Waals surface area contributed by atoms with Gasteiger partial charge in [0.25, 0.3) is 0 Å². The second-order valence-corrected chi connectivity index (χ2v) is 7.71. The quantitative estimate of drug-likeness (QED) is 0.315. The molecule has 1 aliphatic heterocycles. The molecule has 0 fully saturated rings. The molecule has 1 unspecified atom stereocenters. The zero-order valence-corrected chi connectivity index (χ0v) is 20.1. The number of anilines is 1. The highest BCUT2D eigenvalue weighted by Crippen LogP contribution is 2.27. The minimum absolute atomic E-state index is 0. The Morgan fingerprint density at radius 3 is 2.79 bits per heavy atom. The summed E-state index contributed by atoms with van der Waals surface area (Å²) in [5, 5.41) is 21.4. The van der Waals surface area contributed by atoms with Crippen LogP contribution in [0.15, 0.2) is 35.6 Å². The fourth-order valence-electron chi connectivity index (χ4n) is 3.51. The highest BCUT2D eigenvalue weighted by molar-refractivity contribution is 14.0. The molecule has 0 spiro atoms. The molecule has 0 aliphatic carbocycles. The number of halogens is 1. The molecule has 0 amide bonds. The first-order valence-corrected chi connectivity index (χ1v) is 9.95. The van der Waals surface area contributed by atoms with Crippen LogP contribution >= 0.6 is 24.0 Å². The third kappa shape index (κ3) is 6.08. The lowest BCUT2D eigenvalue weighted by Gasteiger charge is -2.27. The second kappa shape index (κ2) is 10.3. The van der Waals surface area contributed by atoms with Crippen LogP contribution in [0.3, 0.4) is 0 Å². The number of fused-ring (bicyclic) bond motifs is 1. The lowest BCUT2D eigenvalue weighted by Crippen LogP contribution is -2.44. The molecule has 8 heteroatoms. The molecule has 2 aromatic rings. The number of aryl methyl sites for hydroxylation is 2. The van der Waals surface area contributed by atoms with Crippen molar-refractivity contribution in [1.82, 2.24) is 20.4 Å². The van der Waals surface area contributed by atoms with Crippen LogP contribution in [-0.4, -0.2) is 47.5 Å². The van der Waals surface area contributed by atoms with Crippen LogP contribution in [0.25, 0.3) is 0 Å². The van der Waals surface area contributed by atoms with E-state index in [1.807, 2.05) is 20.2 Å². The summed E-state index contributed by atoms with van der Waals surface area (Å²) >= 11 is 0. The predicted molar refractivity (Wildman–Crippen MR) is 129 cm³/mol. The molecule has 160 valence electrons. The van der Waals surface area contributed by atoms with Gasteiger partial charge >= 0.3 is 0 Å². The molecule has 1 aromatic heterocycles. The van der Waals surface area contributed by atoms with E-state index in [0.29, 0.717) is 19.0 Å². The van der Waals surface area contributed by atoms with Gasteiger partial charge in [0.05, 0.1) is 19.3 Å². The standard InChI is InChI=1S/C21H32N6O.HI/c1-5-22-20(24-15-21(2,28)18-13-25-27(4)14-18)23-12-16-8-9-19-17(11-16)7-6-10-26(19)3;/h8-9,11,13-14,28H,5-7,10,12,15H2,1-4H3,(H2,22,23,24);1H. The Morgan fingerprint density at radius 2 is 2.10 bits per heavy atom. The van der Waals surface area contributed by atoms with E-state index < -0.39 is 5.60 Å². The first-order valence-electron chi connectivity index (χ1n) is 9.95. The van der Waals surface area contributed by atoms with Gasteiger partial charge in [-0.3, -0.25) is 4.68 Å². The van der Waals surface area contributed by atoms with Gasteiger partial charge in [-0.05, 0) is 43.9 Å². The zero-order chi connectivity index (χ0) is 20.1. The molecule has 1 aliphatic rings. The molecule has 0 bridgehead atoms. The SMILES string of the molecule is CCNC(=NCc1ccc2c(c1)CCCN2C)NCC(C)(O)c1cnn(C)c1.I. The van der Waals surface area contributed by atoms with E-state index in [1.165, 1.54) is 23.2 Å². The summed E-state index contributed by atoms with van der Waals surface area (Å²) in [6, 6.07) is 6.62. The van der Waals surface area contributed by atoms with Crippen molar-refractivity contribution in [2.24, 2.45) is 12.0 Å². The zero-order valence-electron chi connectivity index (χ0n) is 17.8. The van der Waals surface area contributed by atoms with Gasteiger partial charge in [0.1, 0.15) is 5.60 Å². The molecule has 1 aromatic carbocycles. The summed E-state index contributed by atoms with van der Waals surface area (Å²) in [4.78, 5) is 7.02. The molecule has 2 heterocycles. The molecule has 29 heavy (non-hydrogen) atoms. The number of guanidine groups is 1. The number of aromatic nitrogens is 2. The average Bonchev–Trinajstić information content (AvgIpc) is 3.11. The molecule has 0 radical (unpaired) electrons. The van der Waals surface area contributed by atoms with Crippen molar-refractivity contribution >= 4 is 35.6 Å². The van der Waals surface area contributed by atoms with E-state index in [0.717, 1.165) is 25.1 Å². The summed E-state index contributed by atoms with van der Waals surface area (Å²) in [5.41, 5.74) is 3.68. The number of hydrogen-bond donors (Lipinski definition) is 3. The maximum absolute atomic E-state index is 10.8. The molecule has 3 rings (SSSR count). The summed E-state index contributed by atoms with van der Waals surface area (Å²) in [6.45, 7) is 6.64. The normalized spacial score (nSPS) is 15.9. The van der Waals surface area contributed by atoms with Crippen LogP contribution in [0.5, 0.6) is 0 Å². The van der Waals surface area contributed by atoms with E-state index in [4.69, 9.17) is 4.99 Å². The molecular weight excluding hydrogens is 479 g/mol. The number of nitrogens with zero attached hydrogens (tertiary/aromatic N) is 4. The molecule has 0 saturated heterocycles. The van der Waals surface area contributed by atoms with Crippen molar-refractivity contribution in [2.45, 2.75) is 38.8 Å². The maximum Gasteiger partial charge on any atom is 0.191 e. The Labute approximate surface area is 190 Å². The average molecular weight is 512 g/mol. The summed E-state index contributed by atoms with van der Waals surface area (Å²) in [6.07, 6.45) is 5.85. The van der Waals surface area contributed by atoms with Gasteiger partial charge in [0.2, 0.25) is 0 Å². The van der Waals surface area contributed by atoms with E-state index in [-0.39, 0.29) is 24.0 Å². The maximum atomic E-state index is 10.8. The Hall–Kier alpha value is -1.81. The van der Waals surface area contributed by atoms with Crippen LogP contribution in [0.4, 0.5) is 5.69 Å². The molecule has 0 saturated carbocycles. The van der Waals surface area contributed by atoms with Crippen molar-refractivity contribution in [1.29, 1.82) is 0 Å². The third-order valence-corrected chi connectivity index (χ3v) is 5.19. The lowest BCUT2D eigenvalue weighted by atomic mass is 9.99. The van der Waals surface area contributed by atoms with Crippen molar-refractivity contribution in [3.05, 3.63) is 47.3 Å². The minimum Gasteiger partial charge on any atom is -0.383 e. The van der Waals surface area contributed by atoms with E-state index >= 15 is 0 Å². The van der Waals surface area contributed by atoms with Gasteiger partial charge in [-0.2, -0.15) is 5.10 Å². The molecule has 3 N–H and O–H groups in total. The smallest absolute Gasteiger partial charge is 0.191 e. The Kier molecular flexibility index (Phi) is 8.33. The number of aliphatic hydroxyl groups is 1. The number of aliphatic imine (C=N–C) groups is 1.